The van der Waals surface area contributed by atoms with Gasteiger partial charge in [0.15, 0.2) is 5.43 Å². The molecule has 0 amide bonds. The van der Waals surface area contributed by atoms with Gasteiger partial charge < -0.3 is 19.1 Å². The summed E-state index contributed by atoms with van der Waals surface area (Å²) in [5.74, 6) is -0.898. The number of ether oxygens (including phenoxy) is 2. The van der Waals surface area contributed by atoms with Crippen LogP contribution in [-0.2, 0) is 22.5 Å². The summed E-state index contributed by atoms with van der Waals surface area (Å²) in [5.41, 5.74) is 3.26. The molecule has 1 unspecified atom stereocenters. The van der Waals surface area contributed by atoms with E-state index in [2.05, 4.69) is 31.9 Å². The molecule has 0 saturated carbocycles. The van der Waals surface area contributed by atoms with Gasteiger partial charge in [-0.25, -0.2) is 4.79 Å². The van der Waals surface area contributed by atoms with Crippen molar-refractivity contribution >= 4 is 11.9 Å². The van der Waals surface area contributed by atoms with Crippen LogP contribution in [0, 0.1) is 5.41 Å². The van der Waals surface area contributed by atoms with E-state index < -0.39 is 11.4 Å². The first-order valence-corrected chi connectivity index (χ1v) is 11.9. The molecule has 2 aromatic heterocycles. The third-order valence-electron chi connectivity index (χ3n) is 6.55. The summed E-state index contributed by atoms with van der Waals surface area (Å²) in [7, 11) is 1.58. The number of pyridine rings is 1. The largest absolute Gasteiger partial charge is 0.496 e. The average Bonchev–Trinajstić information content (AvgIpc) is 3.29. The molecule has 0 saturated heterocycles. The lowest BCUT2D eigenvalue weighted by molar-refractivity contribution is -0.143. The van der Waals surface area contributed by atoms with Crippen molar-refractivity contribution in [3.8, 4) is 28.1 Å². The molecule has 9 nitrogen and oxygen atoms in total. The van der Waals surface area contributed by atoms with Crippen LogP contribution in [0.5, 0.6) is 5.75 Å². The van der Waals surface area contributed by atoms with Gasteiger partial charge in [-0.1, -0.05) is 20.8 Å². The predicted octanol–water partition coefficient (Wildman–Crippen LogP) is 4.18. The summed E-state index contributed by atoms with van der Waals surface area (Å²) in [4.78, 5) is 36.0. The average molecular weight is 494 g/mol. The van der Waals surface area contributed by atoms with Gasteiger partial charge in [0.1, 0.15) is 11.3 Å². The van der Waals surface area contributed by atoms with Crippen LogP contribution in [0.25, 0.3) is 22.4 Å². The van der Waals surface area contributed by atoms with Gasteiger partial charge in [-0.05, 0) is 36.5 Å². The molecule has 0 aliphatic carbocycles. The second kappa shape index (κ2) is 9.64. The summed E-state index contributed by atoms with van der Waals surface area (Å²) in [6.45, 7) is 8.82. The van der Waals surface area contributed by atoms with Crippen LogP contribution in [0.4, 0.5) is 0 Å². The lowest BCUT2D eigenvalue weighted by atomic mass is 9.78. The highest BCUT2D eigenvalue weighted by molar-refractivity contribution is 5.88. The number of esters is 1. The van der Waals surface area contributed by atoms with Crippen molar-refractivity contribution in [2.75, 3.05) is 13.7 Å². The zero-order valence-corrected chi connectivity index (χ0v) is 21.2. The highest BCUT2D eigenvalue weighted by Gasteiger charge is 2.34. The quantitative estimate of drug-likeness (QED) is 0.491. The minimum atomic E-state index is -1.23. The SMILES string of the molecule is CCOC(=O)CCn1cc(-c2cc3c(cc2OC)-c2cc(=O)c(C(=O)O)cn2C(C(C)(C)C)C3)cn1. The third kappa shape index (κ3) is 4.78. The normalized spacial score (nSPS) is 14.6. The highest BCUT2D eigenvalue weighted by Crippen LogP contribution is 2.45. The summed E-state index contributed by atoms with van der Waals surface area (Å²) < 4.78 is 14.3. The van der Waals surface area contributed by atoms with Gasteiger partial charge >= 0.3 is 11.9 Å². The number of hydrogen-bond donors (Lipinski definition) is 1. The fraction of sp³-hybridized carbons (Fsp3) is 0.407. The van der Waals surface area contributed by atoms with E-state index in [1.165, 1.54) is 12.3 Å². The minimum Gasteiger partial charge on any atom is -0.496 e. The van der Waals surface area contributed by atoms with Gasteiger partial charge in [0, 0.05) is 41.2 Å². The zero-order valence-electron chi connectivity index (χ0n) is 21.2. The van der Waals surface area contributed by atoms with E-state index in [0.717, 1.165) is 22.3 Å². The van der Waals surface area contributed by atoms with Gasteiger partial charge in [0.05, 0.1) is 38.6 Å². The van der Waals surface area contributed by atoms with E-state index in [-0.39, 0.29) is 29.4 Å². The fourth-order valence-corrected chi connectivity index (χ4v) is 4.70. The Morgan fingerprint density at radius 2 is 1.92 bits per heavy atom. The van der Waals surface area contributed by atoms with E-state index in [0.29, 0.717) is 31.0 Å². The van der Waals surface area contributed by atoms with Crippen LogP contribution >= 0.6 is 0 Å². The van der Waals surface area contributed by atoms with Crippen molar-refractivity contribution < 1.29 is 24.2 Å². The molecule has 0 bridgehead atoms. The molecule has 0 fully saturated rings. The number of carbonyl (C=O) groups excluding carboxylic acids is 1. The smallest absolute Gasteiger partial charge is 0.341 e. The predicted molar refractivity (Wildman–Crippen MR) is 134 cm³/mol. The van der Waals surface area contributed by atoms with Crippen molar-refractivity contribution in [2.45, 2.75) is 53.1 Å². The Kier molecular flexibility index (Phi) is 6.75. The summed E-state index contributed by atoms with van der Waals surface area (Å²) >= 11 is 0. The van der Waals surface area contributed by atoms with E-state index in [9.17, 15) is 19.5 Å². The van der Waals surface area contributed by atoms with Crippen molar-refractivity contribution in [2.24, 2.45) is 5.41 Å². The molecular weight excluding hydrogens is 462 g/mol. The van der Waals surface area contributed by atoms with E-state index in [1.807, 2.05) is 16.8 Å². The van der Waals surface area contributed by atoms with Gasteiger partial charge in [-0.15, -0.1) is 0 Å². The molecule has 1 aliphatic heterocycles. The number of aromatic carboxylic acids is 1. The standard InChI is InChI=1S/C27H31N3O6/c1-6-36-25(32)7-8-29-14-17(13-28-29)19-9-16-10-24(27(2,3)4)30-15-20(26(33)34)22(31)12-21(30)18(16)11-23(19)35-5/h9,11-15,24H,6-8,10H2,1-5H3,(H,33,34). The Hall–Kier alpha value is -3.88. The van der Waals surface area contributed by atoms with Crippen LogP contribution < -0.4 is 10.2 Å². The molecule has 1 atom stereocenters. The number of aryl methyl sites for hydroxylation is 1. The first kappa shape index (κ1) is 25.2. The number of carboxylic acids is 1. The first-order chi connectivity index (χ1) is 17.0. The molecular formula is C27H31N3O6. The maximum Gasteiger partial charge on any atom is 0.341 e. The number of carbonyl (C=O) groups is 2. The van der Waals surface area contributed by atoms with Gasteiger partial charge in [-0.2, -0.15) is 5.10 Å². The third-order valence-corrected chi connectivity index (χ3v) is 6.55. The van der Waals surface area contributed by atoms with Crippen molar-refractivity contribution in [1.29, 1.82) is 0 Å². The molecule has 9 heteroatoms. The monoisotopic (exact) mass is 493 g/mol. The lowest BCUT2D eigenvalue weighted by Gasteiger charge is -2.39. The molecule has 0 radical (unpaired) electrons. The molecule has 0 spiro atoms. The lowest BCUT2D eigenvalue weighted by Crippen LogP contribution is -2.32. The molecule has 4 rings (SSSR count). The Morgan fingerprint density at radius 3 is 2.56 bits per heavy atom. The van der Waals surface area contributed by atoms with Gasteiger partial charge in [0.2, 0.25) is 0 Å². The number of benzene rings is 1. The van der Waals surface area contributed by atoms with Crippen molar-refractivity contribution in [3.05, 3.63) is 58.1 Å². The van der Waals surface area contributed by atoms with Crippen LogP contribution in [0.15, 0.2) is 41.6 Å². The number of aromatic nitrogens is 3. The summed E-state index contributed by atoms with van der Waals surface area (Å²) in [6, 6.07) is 5.30. The van der Waals surface area contributed by atoms with E-state index >= 15 is 0 Å². The first-order valence-electron chi connectivity index (χ1n) is 11.9. The maximum atomic E-state index is 12.6. The minimum absolute atomic E-state index is 0.0627. The Labute approximate surface area is 209 Å². The Bertz CT molecular complexity index is 1380. The molecule has 190 valence electrons. The Balaban J connectivity index is 1.79. The molecule has 1 N–H and O–H groups in total. The molecule has 3 aromatic rings. The number of carboxylic acid groups (broad SMARTS) is 1. The summed E-state index contributed by atoms with van der Waals surface area (Å²) in [6.07, 6.45) is 5.95. The molecule has 3 heterocycles. The fourth-order valence-electron chi connectivity index (χ4n) is 4.70. The van der Waals surface area contributed by atoms with Crippen LogP contribution in [-0.4, -0.2) is 45.1 Å². The van der Waals surface area contributed by atoms with Crippen LogP contribution in [0.1, 0.15) is 56.1 Å². The van der Waals surface area contributed by atoms with Crippen molar-refractivity contribution in [3.63, 3.8) is 0 Å². The van der Waals surface area contributed by atoms with E-state index in [4.69, 9.17) is 9.47 Å². The maximum absolute atomic E-state index is 12.6. The van der Waals surface area contributed by atoms with Crippen LogP contribution in [0.3, 0.4) is 0 Å². The number of methoxy groups -OCH3 is 1. The van der Waals surface area contributed by atoms with Crippen molar-refractivity contribution in [1.82, 2.24) is 14.3 Å². The number of nitrogens with zero attached hydrogens (tertiary/aromatic N) is 3. The molecule has 1 aliphatic rings. The Morgan fingerprint density at radius 1 is 1.17 bits per heavy atom. The highest BCUT2D eigenvalue weighted by atomic mass is 16.5. The topological polar surface area (TPSA) is 113 Å². The second-order valence-corrected chi connectivity index (χ2v) is 9.99. The molecule has 36 heavy (non-hydrogen) atoms. The zero-order chi connectivity index (χ0) is 26.2. The molecule has 1 aromatic carbocycles. The van der Waals surface area contributed by atoms with Crippen LogP contribution in [0.2, 0.25) is 0 Å². The second-order valence-electron chi connectivity index (χ2n) is 9.99. The summed E-state index contributed by atoms with van der Waals surface area (Å²) in [5, 5.41) is 13.9. The van der Waals surface area contributed by atoms with Gasteiger partial charge in [0.25, 0.3) is 0 Å². The number of fused-ring (bicyclic) bond motifs is 3. The van der Waals surface area contributed by atoms with E-state index in [1.54, 1.807) is 24.9 Å². The number of hydrogen-bond acceptors (Lipinski definition) is 6. The van der Waals surface area contributed by atoms with Gasteiger partial charge in [-0.3, -0.25) is 14.3 Å². The number of rotatable bonds is 7.